The molecule has 2 unspecified atom stereocenters. The summed E-state index contributed by atoms with van der Waals surface area (Å²) in [6, 6.07) is 7.87. The number of aromatic nitrogens is 3. The molecule has 0 radical (unpaired) electrons. The lowest BCUT2D eigenvalue weighted by atomic mass is 9.47. The molecule has 3 aliphatic carbocycles. The fourth-order valence-corrected chi connectivity index (χ4v) is 7.29. The Kier molecular flexibility index (Phi) is 5.60. The maximum absolute atomic E-state index is 6.05. The Morgan fingerprint density at radius 1 is 1.16 bits per heavy atom. The lowest BCUT2D eigenvalue weighted by Crippen LogP contribution is -2.51. The number of hydrogen-bond acceptors (Lipinski definition) is 2. The van der Waals surface area contributed by atoms with Gasteiger partial charge in [0.05, 0.1) is 6.20 Å². The van der Waals surface area contributed by atoms with Crippen LogP contribution in [-0.4, -0.2) is 15.0 Å². The summed E-state index contributed by atoms with van der Waals surface area (Å²) in [5.74, 6) is 2.07. The summed E-state index contributed by atoms with van der Waals surface area (Å²) < 4.78 is 2.09. The summed E-state index contributed by atoms with van der Waals surface area (Å²) in [5.41, 5.74) is 5.89. The van der Waals surface area contributed by atoms with Crippen LogP contribution in [0.3, 0.4) is 0 Å². The summed E-state index contributed by atoms with van der Waals surface area (Å²) in [6.45, 7) is 10.7. The zero-order chi connectivity index (χ0) is 22.5. The number of allylic oxidation sites excluding steroid dienone is 4. The van der Waals surface area contributed by atoms with E-state index in [1.807, 2.05) is 24.3 Å². The zero-order valence-electron chi connectivity index (χ0n) is 19.9. The first-order chi connectivity index (χ1) is 15.3. The Hall–Kier alpha value is -1.87. The monoisotopic (exact) mass is 449 g/mol. The van der Waals surface area contributed by atoms with Crippen molar-refractivity contribution in [3.63, 3.8) is 0 Å². The van der Waals surface area contributed by atoms with Crippen LogP contribution in [0.4, 0.5) is 0 Å². The molecule has 5 rings (SSSR count). The molecule has 4 heteroatoms. The second-order valence-electron chi connectivity index (χ2n) is 11.3. The van der Waals surface area contributed by atoms with Crippen molar-refractivity contribution >= 4 is 11.6 Å². The van der Waals surface area contributed by atoms with Crippen LogP contribution in [0.25, 0.3) is 11.3 Å². The van der Waals surface area contributed by atoms with Gasteiger partial charge >= 0.3 is 0 Å². The summed E-state index contributed by atoms with van der Waals surface area (Å²) in [6.07, 6.45) is 15.0. The van der Waals surface area contributed by atoms with E-state index < -0.39 is 0 Å². The van der Waals surface area contributed by atoms with Gasteiger partial charge in [0.15, 0.2) is 0 Å². The molecule has 1 aromatic carbocycles. The molecule has 2 aromatic rings. The first kappa shape index (κ1) is 21.9. The minimum absolute atomic E-state index is 0.238. The Bertz CT molecular complexity index is 1050. The molecular formula is C28H36ClN3. The van der Waals surface area contributed by atoms with Gasteiger partial charge in [0.25, 0.3) is 0 Å². The number of rotatable bonds is 4. The number of fused-ring (bicyclic) bond motifs is 3. The van der Waals surface area contributed by atoms with Crippen molar-refractivity contribution in [1.29, 1.82) is 0 Å². The highest BCUT2D eigenvalue weighted by Crippen LogP contribution is 2.62. The third-order valence-electron chi connectivity index (χ3n) is 8.91. The smallest absolute Gasteiger partial charge is 0.113 e. The van der Waals surface area contributed by atoms with Crippen LogP contribution in [0, 0.1) is 28.6 Å². The van der Waals surface area contributed by atoms with Gasteiger partial charge in [0.1, 0.15) is 5.69 Å². The maximum Gasteiger partial charge on any atom is 0.113 e. The van der Waals surface area contributed by atoms with Gasteiger partial charge in [0.2, 0.25) is 0 Å². The van der Waals surface area contributed by atoms with E-state index in [4.69, 9.17) is 11.6 Å². The molecular weight excluding hydrogens is 414 g/mol. The fraction of sp³-hybridized carbons (Fsp3) is 0.571. The van der Waals surface area contributed by atoms with Crippen molar-refractivity contribution in [3.05, 3.63) is 58.8 Å². The van der Waals surface area contributed by atoms with E-state index in [2.05, 4.69) is 61.0 Å². The highest BCUT2D eigenvalue weighted by molar-refractivity contribution is 6.30. The van der Waals surface area contributed by atoms with Crippen molar-refractivity contribution in [1.82, 2.24) is 15.0 Å². The number of benzene rings is 1. The van der Waals surface area contributed by atoms with Crippen molar-refractivity contribution in [3.8, 4) is 11.3 Å². The normalized spacial score (nSPS) is 32.2. The van der Waals surface area contributed by atoms with Crippen molar-refractivity contribution in [2.75, 3.05) is 0 Å². The molecule has 170 valence electrons. The lowest BCUT2D eigenvalue weighted by Gasteiger charge is -2.58. The third kappa shape index (κ3) is 3.77. The maximum atomic E-state index is 6.05. The lowest BCUT2D eigenvalue weighted by molar-refractivity contribution is -0.0588. The van der Waals surface area contributed by atoms with E-state index >= 15 is 0 Å². The summed E-state index contributed by atoms with van der Waals surface area (Å²) in [4.78, 5) is 0. The zero-order valence-corrected chi connectivity index (χ0v) is 20.7. The summed E-state index contributed by atoms with van der Waals surface area (Å²) in [7, 11) is 0. The van der Waals surface area contributed by atoms with Crippen molar-refractivity contribution in [2.24, 2.45) is 28.6 Å². The largest absolute Gasteiger partial charge is 0.251 e. The van der Waals surface area contributed by atoms with Crippen LogP contribution in [0.2, 0.25) is 5.02 Å². The molecule has 3 nitrogen and oxygen atoms in total. The van der Waals surface area contributed by atoms with E-state index in [-0.39, 0.29) is 5.41 Å². The molecule has 1 heterocycles. The summed E-state index contributed by atoms with van der Waals surface area (Å²) >= 11 is 6.05. The van der Waals surface area contributed by atoms with Crippen LogP contribution >= 0.6 is 11.6 Å². The van der Waals surface area contributed by atoms with Gasteiger partial charge in [-0.25, -0.2) is 0 Å². The molecule has 3 aliphatic rings. The minimum atomic E-state index is 0.238. The van der Waals surface area contributed by atoms with Crippen LogP contribution in [-0.2, 0) is 6.54 Å². The average Bonchev–Trinajstić information content (AvgIpc) is 3.21. The molecule has 32 heavy (non-hydrogen) atoms. The molecule has 1 aromatic heterocycles. The predicted molar refractivity (Wildman–Crippen MR) is 132 cm³/mol. The molecule has 0 N–H and O–H groups in total. The quantitative estimate of drug-likeness (QED) is 0.477. The minimum Gasteiger partial charge on any atom is -0.251 e. The van der Waals surface area contributed by atoms with Crippen LogP contribution in [0.1, 0.15) is 66.2 Å². The van der Waals surface area contributed by atoms with Crippen molar-refractivity contribution < 1.29 is 0 Å². The third-order valence-corrected chi connectivity index (χ3v) is 9.16. The molecule has 0 saturated heterocycles. The van der Waals surface area contributed by atoms with Crippen LogP contribution < -0.4 is 0 Å². The highest BCUT2D eigenvalue weighted by atomic mass is 35.5. The highest BCUT2D eigenvalue weighted by Gasteiger charge is 2.54. The van der Waals surface area contributed by atoms with Crippen LogP contribution in [0.5, 0.6) is 0 Å². The van der Waals surface area contributed by atoms with Gasteiger partial charge in [-0.05, 0) is 78.4 Å². The number of hydrogen-bond donors (Lipinski definition) is 0. The molecule has 0 spiro atoms. The van der Waals surface area contributed by atoms with Crippen LogP contribution in [0.15, 0.2) is 53.8 Å². The van der Waals surface area contributed by atoms with E-state index in [0.29, 0.717) is 23.2 Å². The Labute approximate surface area is 197 Å². The van der Waals surface area contributed by atoms with E-state index in [1.165, 1.54) is 38.5 Å². The molecule has 1 saturated carbocycles. The molecule has 0 aliphatic heterocycles. The molecule has 0 amide bonds. The van der Waals surface area contributed by atoms with Gasteiger partial charge in [-0.15, -0.1) is 5.10 Å². The standard InChI is InChI=1S/C28H36ClN3/c1-19(2)21-8-12-24-22(16-21)9-13-26-27(3,14-5-15-28(24,26)4)18-32-17-25(30-31-32)20-6-10-23(29)11-7-20/h6-7,9-11,16-17,19,24,26H,5,8,12-15,18H2,1-4H3/t24?,26?,27-,28+/m0/s1. The molecule has 0 bridgehead atoms. The Balaban J connectivity index is 1.41. The topological polar surface area (TPSA) is 30.7 Å². The fourth-order valence-electron chi connectivity index (χ4n) is 7.16. The second-order valence-corrected chi connectivity index (χ2v) is 11.7. The van der Waals surface area contributed by atoms with E-state index in [0.717, 1.165) is 22.8 Å². The Morgan fingerprint density at radius 3 is 2.69 bits per heavy atom. The van der Waals surface area contributed by atoms with E-state index in [1.54, 1.807) is 11.1 Å². The molecule has 1 fully saturated rings. The van der Waals surface area contributed by atoms with E-state index in [9.17, 15) is 0 Å². The average molecular weight is 450 g/mol. The van der Waals surface area contributed by atoms with Gasteiger partial charge in [-0.2, -0.15) is 0 Å². The predicted octanol–water partition coefficient (Wildman–Crippen LogP) is 7.73. The van der Waals surface area contributed by atoms with Gasteiger partial charge in [0, 0.05) is 17.1 Å². The SMILES string of the molecule is CC(C)C1=CC2=CCC3[C@](C)(Cn4cc(-c5ccc(Cl)cc5)nn4)CCC[C@]3(C)C2CC1. The summed E-state index contributed by atoms with van der Waals surface area (Å²) in [5, 5.41) is 9.76. The van der Waals surface area contributed by atoms with Gasteiger partial charge in [-0.1, -0.05) is 80.8 Å². The Morgan fingerprint density at radius 2 is 1.94 bits per heavy atom. The second kappa shape index (κ2) is 8.17. The molecule has 4 atom stereocenters. The van der Waals surface area contributed by atoms with Gasteiger partial charge < -0.3 is 0 Å². The first-order valence-electron chi connectivity index (χ1n) is 12.4. The number of halogens is 1. The first-order valence-corrected chi connectivity index (χ1v) is 12.7. The number of nitrogens with zero attached hydrogens (tertiary/aromatic N) is 3. The van der Waals surface area contributed by atoms with Gasteiger partial charge in [-0.3, -0.25) is 4.68 Å². The van der Waals surface area contributed by atoms with Crippen molar-refractivity contribution in [2.45, 2.75) is 72.8 Å².